The van der Waals surface area contributed by atoms with E-state index in [0.717, 1.165) is 23.2 Å². The average Bonchev–Trinajstić information content (AvgIpc) is 3.35. The van der Waals surface area contributed by atoms with Crippen molar-refractivity contribution in [3.63, 3.8) is 0 Å². The number of aromatic nitrogens is 1. The molecule has 5 heteroatoms. The molecule has 0 aliphatic carbocycles. The number of fused-ring (bicyclic) bond motifs is 3. The molecule has 2 aromatic carbocycles. The second-order valence-electron chi connectivity index (χ2n) is 6.74. The topological polar surface area (TPSA) is 49.2 Å². The molecule has 0 bridgehead atoms. The molecule has 0 unspecified atom stereocenters. The summed E-state index contributed by atoms with van der Waals surface area (Å²) in [5.74, 6) is 0.248. The van der Waals surface area contributed by atoms with Crippen LogP contribution in [0.5, 0.6) is 0 Å². The van der Waals surface area contributed by atoms with Gasteiger partial charge in [0.05, 0.1) is 12.3 Å². The third-order valence-electron chi connectivity index (χ3n) is 5.21. The number of para-hydroxylation sites is 1. The quantitative estimate of drug-likeness (QED) is 0.522. The minimum absolute atomic E-state index is 0.107. The molecule has 1 aliphatic rings. The largest absolute Gasteiger partial charge is 0.459 e. The van der Waals surface area contributed by atoms with Crippen LogP contribution in [0.3, 0.4) is 0 Å². The maximum absolute atomic E-state index is 13.1. The number of halogens is 1. The first-order valence-corrected chi connectivity index (χ1v) is 9.29. The molecular formula is C22H17ClN2O2. The van der Waals surface area contributed by atoms with Crippen LogP contribution >= 0.6 is 11.6 Å². The number of carbonyl (C=O) groups is 1. The van der Waals surface area contributed by atoms with Gasteiger partial charge in [0, 0.05) is 28.2 Å². The number of furan rings is 1. The summed E-state index contributed by atoms with van der Waals surface area (Å²) in [6.07, 6.45) is 2.33. The monoisotopic (exact) mass is 376 g/mol. The van der Waals surface area contributed by atoms with Crippen molar-refractivity contribution in [3.8, 4) is 0 Å². The molecule has 1 N–H and O–H groups in total. The second kappa shape index (κ2) is 6.32. The van der Waals surface area contributed by atoms with Gasteiger partial charge in [-0.15, -0.1) is 0 Å². The Balaban J connectivity index is 1.68. The summed E-state index contributed by atoms with van der Waals surface area (Å²) in [6.45, 7) is 0.627. The fourth-order valence-electron chi connectivity index (χ4n) is 3.99. The van der Waals surface area contributed by atoms with Gasteiger partial charge in [0.25, 0.3) is 5.91 Å². The SMILES string of the molecule is O=C(c1ccco1)N1CCc2c([nH]c3ccccc23)[C@H]1c1ccc(Cl)cc1. The van der Waals surface area contributed by atoms with Crippen LogP contribution in [0, 0.1) is 0 Å². The third kappa shape index (κ3) is 2.64. The van der Waals surface area contributed by atoms with Crippen LogP contribution in [-0.2, 0) is 6.42 Å². The van der Waals surface area contributed by atoms with Crippen LogP contribution in [0.2, 0.25) is 5.02 Å². The highest BCUT2D eigenvalue weighted by molar-refractivity contribution is 6.30. The Morgan fingerprint density at radius 3 is 2.67 bits per heavy atom. The first kappa shape index (κ1) is 16.2. The molecule has 0 spiro atoms. The first-order valence-electron chi connectivity index (χ1n) is 8.92. The molecule has 2 aromatic heterocycles. The lowest BCUT2D eigenvalue weighted by Crippen LogP contribution is -2.40. The van der Waals surface area contributed by atoms with E-state index in [2.05, 4.69) is 17.1 Å². The van der Waals surface area contributed by atoms with E-state index in [0.29, 0.717) is 17.3 Å². The van der Waals surface area contributed by atoms with Crippen LogP contribution in [0.4, 0.5) is 0 Å². The van der Waals surface area contributed by atoms with E-state index < -0.39 is 0 Å². The lowest BCUT2D eigenvalue weighted by atomic mass is 9.92. The highest BCUT2D eigenvalue weighted by Crippen LogP contribution is 2.39. The lowest BCUT2D eigenvalue weighted by molar-refractivity contribution is 0.0659. The van der Waals surface area contributed by atoms with Gasteiger partial charge in [0.15, 0.2) is 5.76 Å². The van der Waals surface area contributed by atoms with E-state index in [4.69, 9.17) is 16.0 Å². The number of aromatic amines is 1. The smallest absolute Gasteiger partial charge is 0.290 e. The van der Waals surface area contributed by atoms with Crippen molar-refractivity contribution in [2.75, 3.05) is 6.54 Å². The standard InChI is InChI=1S/C22H17ClN2O2/c23-15-9-7-14(8-10-15)21-20-17(16-4-1-2-5-18(16)24-20)11-12-25(21)22(26)19-6-3-13-27-19/h1-10,13,21,24H,11-12H2/t21-/m1/s1. The Morgan fingerprint density at radius 1 is 1.07 bits per heavy atom. The van der Waals surface area contributed by atoms with E-state index in [9.17, 15) is 4.79 Å². The van der Waals surface area contributed by atoms with Gasteiger partial charge in [-0.05, 0) is 47.9 Å². The van der Waals surface area contributed by atoms with Gasteiger partial charge in [-0.2, -0.15) is 0 Å². The number of amides is 1. The predicted molar refractivity (Wildman–Crippen MR) is 105 cm³/mol. The number of H-pyrrole nitrogens is 1. The van der Waals surface area contributed by atoms with Gasteiger partial charge >= 0.3 is 0 Å². The Hall–Kier alpha value is -2.98. The molecule has 1 atom stereocenters. The van der Waals surface area contributed by atoms with E-state index in [-0.39, 0.29) is 11.9 Å². The highest BCUT2D eigenvalue weighted by atomic mass is 35.5. The van der Waals surface area contributed by atoms with Crippen LogP contribution < -0.4 is 0 Å². The summed E-state index contributed by atoms with van der Waals surface area (Å²) < 4.78 is 5.38. The van der Waals surface area contributed by atoms with E-state index in [1.165, 1.54) is 17.2 Å². The zero-order valence-electron chi connectivity index (χ0n) is 14.5. The number of carbonyl (C=O) groups excluding carboxylic acids is 1. The second-order valence-corrected chi connectivity index (χ2v) is 7.18. The van der Waals surface area contributed by atoms with Crippen LogP contribution in [-0.4, -0.2) is 22.3 Å². The summed E-state index contributed by atoms with van der Waals surface area (Å²) in [7, 11) is 0. The molecule has 0 radical (unpaired) electrons. The molecule has 0 fully saturated rings. The maximum Gasteiger partial charge on any atom is 0.290 e. The van der Waals surface area contributed by atoms with Crippen molar-refractivity contribution in [3.05, 3.63) is 94.5 Å². The highest BCUT2D eigenvalue weighted by Gasteiger charge is 2.35. The summed E-state index contributed by atoms with van der Waals surface area (Å²) >= 11 is 6.09. The molecule has 1 aliphatic heterocycles. The predicted octanol–water partition coefficient (Wildman–Crippen LogP) is 5.20. The van der Waals surface area contributed by atoms with E-state index >= 15 is 0 Å². The summed E-state index contributed by atoms with van der Waals surface area (Å²) in [5.41, 5.74) is 4.44. The summed E-state index contributed by atoms with van der Waals surface area (Å²) in [4.78, 5) is 18.6. The number of nitrogens with one attached hydrogen (secondary N) is 1. The lowest BCUT2D eigenvalue weighted by Gasteiger charge is -2.35. The van der Waals surface area contributed by atoms with Crippen molar-refractivity contribution in [2.45, 2.75) is 12.5 Å². The van der Waals surface area contributed by atoms with Gasteiger partial charge in [-0.3, -0.25) is 4.79 Å². The normalized spacial score (nSPS) is 16.5. The van der Waals surface area contributed by atoms with Crippen LogP contribution in [0.25, 0.3) is 10.9 Å². The van der Waals surface area contributed by atoms with Gasteiger partial charge in [0.1, 0.15) is 0 Å². The number of hydrogen-bond acceptors (Lipinski definition) is 2. The molecule has 0 saturated heterocycles. The van der Waals surface area contributed by atoms with E-state index in [1.54, 1.807) is 12.1 Å². The zero-order chi connectivity index (χ0) is 18.4. The van der Waals surface area contributed by atoms with Crippen molar-refractivity contribution < 1.29 is 9.21 Å². The molecule has 27 heavy (non-hydrogen) atoms. The van der Waals surface area contributed by atoms with Crippen molar-refractivity contribution in [2.24, 2.45) is 0 Å². The van der Waals surface area contributed by atoms with Crippen LogP contribution in [0.15, 0.2) is 71.3 Å². The van der Waals surface area contributed by atoms with Crippen molar-refractivity contribution in [1.82, 2.24) is 9.88 Å². The first-order chi connectivity index (χ1) is 13.2. The Bertz CT molecular complexity index is 1110. The Labute approximate surface area is 161 Å². The molecule has 134 valence electrons. The number of hydrogen-bond donors (Lipinski definition) is 1. The zero-order valence-corrected chi connectivity index (χ0v) is 15.2. The maximum atomic E-state index is 13.1. The fourth-order valence-corrected chi connectivity index (χ4v) is 4.12. The minimum atomic E-state index is -0.212. The Kier molecular flexibility index (Phi) is 3.80. The van der Waals surface area contributed by atoms with Gasteiger partial charge in [-0.25, -0.2) is 0 Å². The van der Waals surface area contributed by atoms with Crippen molar-refractivity contribution >= 4 is 28.4 Å². The number of rotatable bonds is 2. The molecule has 5 rings (SSSR count). The van der Waals surface area contributed by atoms with Gasteiger partial charge in [0.2, 0.25) is 0 Å². The van der Waals surface area contributed by atoms with Gasteiger partial charge in [-0.1, -0.05) is 41.9 Å². The summed E-state index contributed by atoms with van der Waals surface area (Å²) in [5, 5.41) is 1.90. The molecular weight excluding hydrogens is 360 g/mol. The minimum Gasteiger partial charge on any atom is -0.459 e. The molecule has 0 saturated carbocycles. The molecule has 4 nitrogen and oxygen atoms in total. The van der Waals surface area contributed by atoms with E-state index in [1.807, 2.05) is 41.3 Å². The molecule has 1 amide bonds. The summed E-state index contributed by atoms with van der Waals surface area (Å²) in [6, 6.07) is 19.2. The van der Waals surface area contributed by atoms with Crippen LogP contribution in [0.1, 0.15) is 33.4 Å². The Morgan fingerprint density at radius 2 is 1.89 bits per heavy atom. The number of nitrogens with zero attached hydrogens (tertiary/aromatic N) is 1. The van der Waals surface area contributed by atoms with Gasteiger partial charge < -0.3 is 14.3 Å². The van der Waals surface area contributed by atoms with Crippen molar-refractivity contribution in [1.29, 1.82) is 0 Å². The molecule has 3 heterocycles. The fraction of sp³-hybridized carbons (Fsp3) is 0.136. The third-order valence-corrected chi connectivity index (χ3v) is 5.46. The average molecular weight is 377 g/mol. The molecule has 4 aromatic rings. The number of benzene rings is 2.